The Morgan fingerprint density at radius 2 is 1.79 bits per heavy atom. The number of hydrogen-bond donors (Lipinski definition) is 1. The Hall–Kier alpha value is -3.32. The zero-order valence-electron chi connectivity index (χ0n) is 16.5. The number of rotatable bonds is 7. The lowest BCUT2D eigenvalue weighted by atomic mass is 10.1. The topological polar surface area (TPSA) is 77.1 Å². The molecule has 2 aromatic carbocycles. The molecule has 1 saturated heterocycles. The van der Waals surface area contributed by atoms with Crippen LogP contribution in [0.25, 0.3) is 0 Å². The Labute approximate surface area is 169 Å². The summed E-state index contributed by atoms with van der Waals surface area (Å²) in [7, 11) is 3.16. The van der Waals surface area contributed by atoms with E-state index in [4.69, 9.17) is 14.2 Å². The summed E-state index contributed by atoms with van der Waals surface area (Å²) in [5.74, 6) is 0.372. The summed E-state index contributed by atoms with van der Waals surface area (Å²) in [6.45, 7) is 0.622. The third-order valence-corrected chi connectivity index (χ3v) is 4.55. The molecule has 7 nitrogen and oxygen atoms in total. The number of ether oxygens (including phenoxy) is 3. The highest BCUT2D eigenvalue weighted by molar-refractivity contribution is 6.05. The van der Waals surface area contributed by atoms with Gasteiger partial charge in [-0.3, -0.25) is 4.79 Å². The Morgan fingerprint density at radius 3 is 2.45 bits per heavy atom. The van der Waals surface area contributed by atoms with E-state index in [-0.39, 0.29) is 25.7 Å². The van der Waals surface area contributed by atoms with Gasteiger partial charge in [0.2, 0.25) is 0 Å². The number of methoxy groups -OCH3 is 2. The molecule has 29 heavy (non-hydrogen) atoms. The molecule has 0 aliphatic carbocycles. The van der Waals surface area contributed by atoms with Crippen LogP contribution in [0.2, 0.25) is 0 Å². The van der Waals surface area contributed by atoms with Gasteiger partial charge in [-0.05, 0) is 36.2 Å². The van der Waals surface area contributed by atoms with E-state index in [0.717, 1.165) is 21.9 Å². The van der Waals surface area contributed by atoms with Crippen molar-refractivity contribution in [3.63, 3.8) is 0 Å². The minimum atomic E-state index is -0.643. The summed E-state index contributed by atoms with van der Waals surface area (Å²) in [5.41, 5.74) is 2.80. The average Bonchev–Trinajstić information content (AvgIpc) is 3.14. The van der Waals surface area contributed by atoms with Crippen molar-refractivity contribution in [1.82, 2.24) is 4.90 Å². The van der Waals surface area contributed by atoms with Crippen LogP contribution in [0, 0.1) is 0 Å². The van der Waals surface area contributed by atoms with Crippen molar-refractivity contribution in [3.05, 3.63) is 71.4 Å². The van der Waals surface area contributed by atoms with Crippen molar-refractivity contribution >= 4 is 17.7 Å². The minimum Gasteiger partial charge on any atom is -0.497 e. The van der Waals surface area contributed by atoms with Crippen LogP contribution in [0.3, 0.4) is 0 Å². The van der Waals surface area contributed by atoms with Gasteiger partial charge in [0.05, 0.1) is 19.4 Å². The molecule has 0 unspecified atom stereocenters. The average molecular weight is 396 g/mol. The normalized spacial score (nSPS) is 15.2. The van der Waals surface area contributed by atoms with Gasteiger partial charge in [-0.1, -0.05) is 30.3 Å². The third kappa shape index (κ3) is 5.14. The number of anilines is 1. The number of imide groups is 1. The summed E-state index contributed by atoms with van der Waals surface area (Å²) in [6.07, 6.45) is -0.212. The summed E-state index contributed by atoms with van der Waals surface area (Å²) in [4.78, 5) is 26.3. The van der Waals surface area contributed by atoms with Gasteiger partial charge >= 0.3 is 6.09 Å². The number of amides is 2. The predicted molar refractivity (Wildman–Crippen MR) is 108 cm³/mol. The number of hydrogen-bond acceptors (Lipinski definition) is 6. The van der Waals surface area contributed by atoms with E-state index >= 15 is 0 Å². The lowest BCUT2D eigenvalue weighted by Crippen LogP contribution is -2.33. The number of carbonyl (C=O) groups is 2. The molecular formula is C22H24N2O5. The first-order valence-electron chi connectivity index (χ1n) is 9.27. The van der Waals surface area contributed by atoms with Crippen molar-refractivity contribution in [2.75, 3.05) is 32.7 Å². The Bertz CT molecular complexity index is 878. The molecule has 1 aliphatic rings. The second kappa shape index (κ2) is 9.75. The van der Waals surface area contributed by atoms with Crippen LogP contribution in [0.5, 0.6) is 5.75 Å². The lowest BCUT2D eigenvalue weighted by Gasteiger charge is -2.15. The third-order valence-electron chi connectivity index (χ3n) is 4.55. The molecule has 0 bridgehead atoms. The fourth-order valence-corrected chi connectivity index (χ4v) is 3.04. The van der Waals surface area contributed by atoms with Gasteiger partial charge in [0, 0.05) is 24.9 Å². The molecule has 1 N–H and O–H groups in total. The molecule has 7 heteroatoms. The second-order valence-corrected chi connectivity index (χ2v) is 6.49. The molecule has 0 radical (unpaired) electrons. The maximum absolute atomic E-state index is 12.8. The first-order valence-corrected chi connectivity index (χ1v) is 9.27. The number of nitrogens with one attached hydrogen (secondary N) is 1. The fraction of sp³-hybridized carbons (Fsp3) is 0.273. The highest BCUT2D eigenvalue weighted by atomic mass is 16.6. The largest absolute Gasteiger partial charge is 0.497 e. The molecule has 152 valence electrons. The van der Waals surface area contributed by atoms with E-state index in [9.17, 15) is 9.59 Å². The fourth-order valence-electron chi connectivity index (χ4n) is 3.04. The zero-order valence-corrected chi connectivity index (χ0v) is 16.5. The summed E-state index contributed by atoms with van der Waals surface area (Å²) >= 11 is 0. The Balaban J connectivity index is 1.69. The van der Waals surface area contributed by atoms with Crippen LogP contribution in [0.1, 0.15) is 12.0 Å². The van der Waals surface area contributed by atoms with E-state index < -0.39 is 6.09 Å². The first kappa shape index (κ1) is 20.4. The van der Waals surface area contributed by atoms with Crippen molar-refractivity contribution in [3.8, 4) is 5.75 Å². The van der Waals surface area contributed by atoms with Crippen molar-refractivity contribution in [2.24, 2.45) is 0 Å². The Kier molecular flexibility index (Phi) is 6.86. The molecule has 2 aromatic rings. The van der Waals surface area contributed by atoms with Crippen molar-refractivity contribution in [2.45, 2.75) is 13.0 Å². The molecule has 2 amide bonds. The molecule has 3 rings (SSSR count). The molecule has 1 aliphatic heterocycles. The quantitative estimate of drug-likeness (QED) is 0.721. The van der Waals surface area contributed by atoms with Crippen LogP contribution in [-0.4, -0.2) is 44.3 Å². The molecule has 0 atom stereocenters. The van der Waals surface area contributed by atoms with Crippen LogP contribution in [0.4, 0.5) is 10.5 Å². The molecule has 1 fully saturated rings. The minimum absolute atomic E-state index is 0.123. The molecule has 0 saturated carbocycles. The zero-order chi connectivity index (χ0) is 20.6. The Morgan fingerprint density at radius 1 is 1.07 bits per heavy atom. The van der Waals surface area contributed by atoms with Gasteiger partial charge in [-0.15, -0.1) is 0 Å². The van der Waals surface area contributed by atoms with Crippen LogP contribution in [-0.2, 0) is 20.9 Å². The van der Waals surface area contributed by atoms with E-state index in [1.165, 1.54) is 0 Å². The summed E-state index contributed by atoms with van der Waals surface area (Å²) in [6, 6.07) is 16.7. The van der Waals surface area contributed by atoms with E-state index in [2.05, 4.69) is 5.32 Å². The standard InChI is InChI=1S/C22H24N2O5/c1-27-15-20(23-17-8-10-18(28-2)11-9-17)19-12-13-24(21(19)25)22(26)29-14-16-6-4-3-5-7-16/h3-11,23H,12-15H2,1-2H3/b20-19-. The van der Waals surface area contributed by atoms with Gasteiger partial charge < -0.3 is 19.5 Å². The number of likely N-dealkylation sites (tertiary alicyclic amines) is 1. The maximum atomic E-state index is 12.8. The van der Waals surface area contributed by atoms with Crippen molar-refractivity contribution in [1.29, 1.82) is 0 Å². The van der Waals surface area contributed by atoms with Crippen molar-refractivity contribution < 1.29 is 23.8 Å². The van der Waals surface area contributed by atoms with E-state index in [0.29, 0.717) is 17.7 Å². The highest BCUT2D eigenvalue weighted by Gasteiger charge is 2.34. The molecular weight excluding hydrogens is 372 g/mol. The highest BCUT2D eigenvalue weighted by Crippen LogP contribution is 2.24. The monoisotopic (exact) mass is 396 g/mol. The number of carbonyl (C=O) groups excluding carboxylic acids is 2. The van der Waals surface area contributed by atoms with Gasteiger partial charge in [-0.25, -0.2) is 9.69 Å². The van der Waals surface area contributed by atoms with Gasteiger partial charge in [0.15, 0.2) is 0 Å². The maximum Gasteiger partial charge on any atom is 0.417 e. The summed E-state index contributed by atoms with van der Waals surface area (Å²) in [5, 5.41) is 3.22. The van der Waals surface area contributed by atoms with Crippen LogP contribution < -0.4 is 10.1 Å². The number of benzene rings is 2. The first-order chi connectivity index (χ1) is 14.1. The molecule has 0 aromatic heterocycles. The lowest BCUT2D eigenvalue weighted by molar-refractivity contribution is -0.123. The van der Waals surface area contributed by atoms with Crippen LogP contribution >= 0.6 is 0 Å². The van der Waals surface area contributed by atoms with E-state index in [1.54, 1.807) is 14.2 Å². The van der Waals surface area contributed by atoms with Crippen LogP contribution in [0.15, 0.2) is 65.9 Å². The second-order valence-electron chi connectivity index (χ2n) is 6.49. The predicted octanol–water partition coefficient (Wildman–Crippen LogP) is 3.58. The smallest absolute Gasteiger partial charge is 0.417 e. The van der Waals surface area contributed by atoms with Gasteiger partial charge in [0.1, 0.15) is 12.4 Å². The van der Waals surface area contributed by atoms with Gasteiger partial charge in [0.25, 0.3) is 5.91 Å². The molecule has 1 heterocycles. The van der Waals surface area contributed by atoms with Gasteiger partial charge in [-0.2, -0.15) is 0 Å². The summed E-state index contributed by atoms with van der Waals surface area (Å²) < 4.78 is 15.7. The molecule has 0 spiro atoms. The van der Waals surface area contributed by atoms with E-state index in [1.807, 2.05) is 54.6 Å². The SMILES string of the molecule is COC/C(Nc1ccc(OC)cc1)=C1\CCN(C(=O)OCc2ccccc2)C1=O. The number of nitrogens with zero attached hydrogens (tertiary/aromatic N) is 1.